The highest BCUT2D eigenvalue weighted by Gasteiger charge is 2.04. The Bertz CT molecular complexity index is 579. The molecule has 7 nitrogen and oxygen atoms in total. The number of aromatic nitrogens is 4. The second-order valence-electron chi connectivity index (χ2n) is 3.44. The number of aromatic amines is 1. The molecule has 0 saturated heterocycles. The third kappa shape index (κ3) is 2.57. The Morgan fingerprint density at radius 1 is 1.47 bits per heavy atom. The number of nitrogens with one attached hydrogen (secondary N) is 2. The number of hydrogen-bond acceptors (Lipinski definition) is 6. The highest BCUT2D eigenvalue weighted by atomic mass is 16.1. The molecule has 0 aromatic carbocycles. The normalized spacial score (nSPS) is 10.2. The smallest absolute Gasteiger partial charge is 0.276 e. The Morgan fingerprint density at radius 3 is 3.06 bits per heavy atom. The van der Waals surface area contributed by atoms with Crippen molar-refractivity contribution in [2.24, 2.45) is 0 Å². The Morgan fingerprint density at radius 2 is 2.29 bits per heavy atom. The molecule has 0 amide bonds. The second-order valence-corrected chi connectivity index (χ2v) is 3.44. The third-order valence-corrected chi connectivity index (χ3v) is 2.16. The molecule has 7 heteroatoms. The molecular weight excluding hydrogens is 220 g/mol. The zero-order valence-electron chi connectivity index (χ0n) is 9.27. The number of nitrogens with two attached hydrogens (primary N) is 1. The lowest BCUT2D eigenvalue weighted by Gasteiger charge is -2.06. The van der Waals surface area contributed by atoms with E-state index < -0.39 is 0 Å². The van der Waals surface area contributed by atoms with E-state index in [1.807, 2.05) is 6.92 Å². The van der Waals surface area contributed by atoms with Crippen molar-refractivity contribution in [3.63, 3.8) is 0 Å². The molecular formula is C10H12N6O. The largest absolute Gasteiger partial charge is 0.391 e. The molecule has 0 aliphatic carbocycles. The summed E-state index contributed by atoms with van der Waals surface area (Å²) in [6, 6.07) is 1.78. The van der Waals surface area contributed by atoms with E-state index in [0.717, 1.165) is 5.69 Å². The van der Waals surface area contributed by atoms with Crippen molar-refractivity contribution >= 4 is 11.5 Å². The maximum Gasteiger partial charge on any atom is 0.276 e. The molecule has 0 fully saturated rings. The summed E-state index contributed by atoms with van der Waals surface area (Å²) in [4.78, 5) is 25.8. The maximum atomic E-state index is 11.2. The molecule has 0 radical (unpaired) electrons. The van der Waals surface area contributed by atoms with Crippen molar-refractivity contribution in [3.8, 4) is 0 Å². The Balaban J connectivity index is 2.13. The van der Waals surface area contributed by atoms with Crippen molar-refractivity contribution in [3.05, 3.63) is 40.5 Å². The molecule has 0 spiro atoms. The van der Waals surface area contributed by atoms with Gasteiger partial charge < -0.3 is 16.0 Å². The molecule has 0 aliphatic heterocycles. The molecule has 88 valence electrons. The zero-order valence-corrected chi connectivity index (χ0v) is 9.27. The van der Waals surface area contributed by atoms with Crippen molar-refractivity contribution in [2.45, 2.75) is 13.5 Å². The molecule has 2 heterocycles. The van der Waals surface area contributed by atoms with Gasteiger partial charge in [0, 0.05) is 6.20 Å². The highest BCUT2D eigenvalue weighted by Crippen LogP contribution is 2.08. The molecule has 2 rings (SSSR count). The van der Waals surface area contributed by atoms with E-state index in [2.05, 4.69) is 25.3 Å². The van der Waals surface area contributed by atoms with E-state index in [9.17, 15) is 4.79 Å². The van der Waals surface area contributed by atoms with Gasteiger partial charge in [-0.15, -0.1) is 0 Å². The summed E-state index contributed by atoms with van der Waals surface area (Å²) in [6.45, 7) is 2.24. The minimum atomic E-state index is -0.360. The first-order valence-electron chi connectivity index (χ1n) is 5.02. The average molecular weight is 232 g/mol. The predicted molar refractivity (Wildman–Crippen MR) is 63.4 cm³/mol. The molecule has 0 aliphatic rings. The molecule has 2 aromatic rings. The third-order valence-electron chi connectivity index (χ3n) is 2.16. The van der Waals surface area contributed by atoms with Gasteiger partial charge in [-0.05, 0) is 13.0 Å². The van der Waals surface area contributed by atoms with Crippen molar-refractivity contribution in [2.75, 3.05) is 11.1 Å². The summed E-state index contributed by atoms with van der Waals surface area (Å²) < 4.78 is 0. The van der Waals surface area contributed by atoms with Crippen LogP contribution in [0.1, 0.15) is 11.5 Å². The molecule has 0 unspecified atom stereocenters. The highest BCUT2D eigenvalue weighted by molar-refractivity contribution is 5.58. The first-order chi connectivity index (χ1) is 8.16. The predicted octanol–water partition coefficient (Wildman–Crippen LogP) is 0.0626. The van der Waals surface area contributed by atoms with Gasteiger partial charge in [-0.1, -0.05) is 0 Å². The van der Waals surface area contributed by atoms with Crippen molar-refractivity contribution in [1.82, 2.24) is 19.9 Å². The quantitative estimate of drug-likeness (QED) is 0.690. The summed E-state index contributed by atoms with van der Waals surface area (Å²) in [5.74, 6) is 1.04. The van der Waals surface area contributed by atoms with Crippen LogP contribution in [0.3, 0.4) is 0 Å². The summed E-state index contributed by atoms with van der Waals surface area (Å²) in [6.07, 6.45) is 2.97. The van der Waals surface area contributed by atoms with E-state index >= 15 is 0 Å². The zero-order chi connectivity index (χ0) is 12.3. The van der Waals surface area contributed by atoms with Crippen LogP contribution < -0.4 is 16.6 Å². The van der Waals surface area contributed by atoms with Crippen LogP contribution in [0.5, 0.6) is 0 Å². The monoisotopic (exact) mass is 232 g/mol. The summed E-state index contributed by atoms with van der Waals surface area (Å²) in [5.41, 5.74) is 6.09. The number of hydrogen-bond donors (Lipinski definition) is 3. The maximum absolute atomic E-state index is 11.2. The van der Waals surface area contributed by atoms with E-state index in [1.54, 1.807) is 12.3 Å². The molecule has 17 heavy (non-hydrogen) atoms. The van der Waals surface area contributed by atoms with Gasteiger partial charge in [-0.25, -0.2) is 15.0 Å². The van der Waals surface area contributed by atoms with Gasteiger partial charge in [0.15, 0.2) is 5.82 Å². The summed E-state index contributed by atoms with van der Waals surface area (Å²) in [7, 11) is 0. The lowest BCUT2D eigenvalue weighted by Crippen LogP contribution is -2.16. The van der Waals surface area contributed by atoms with Gasteiger partial charge >= 0.3 is 0 Å². The van der Waals surface area contributed by atoms with Crippen molar-refractivity contribution < 1.29 is 0 Å². The van der Waals surface area contributed by atoms with Gasteiger partial charge in [-0.3, -0.25) is 4.79 Å². The molecule has 0 bridgehead atoms. The Kier molecular flexibility index (Phi) is 2.99. The number of nitrogen functional groups attached to an aromatic ring is 1. The van der Waals surface area contributed by atoms with Crippen molar-refractivity contribution in [1.29, 1.82) is 0 Å². The fraction of sp³-hybridized carbons (Fsp3) is 0.200. The SMILES string of the molecule is Cc1nccc(CNc2nc[nH]c(=O)c2N)n1. The number of anilines is 2. The number of rotatable bonds is 3. The first-order valence-corrected chi connectivity index (χ1v) is 5.02. The van der Waals surface area contributed by atoms with Crippen LogP contribution in [-0.4, -0.2) is 19.9 Å². The average Bonchev–Trinajstić information content (AvgIpc) is 2.31. The second kappa shape index (κ2) is 4.60. The van der Waals surface area contributed by atoms with Gasteiger partial charge in [0.2, 0.25) is 0 Å². The van der Waals surface area contributed by atoms with Crippen LogP contribution in [0.2, 0.25) is 0 Å². The minimum Gasteiger partial charge on any atom is -0.391 e. The van der Waals surface area contributed by atoms with E-state index in [0.29, 0.717) is 18.2 Å². The van der Waals surface area contributed by atoms with E-state index in [-0.39, 0.29) is 11.2 Å². The number of nitrogens with zero attached hydrogens (tertiary/aromatic N) is 3. The van der Waals surface area contributed by atoms with Crippen LogP contribution in [0.4, 0.5) is 11.5 Å². The summed E-state index contributed by atoms with van der Waals surface area (Å²) >= 11 is 0. The lowest BCUT2D eigenvalue weighted by atomic mass is 10.4. The molecule has 4 N–H and O–H groups in total. The minimum absolute atomic E-state index is 0.0679. The molecule has 0 atom stereocenters. The van der Waals surface area contributed by atoms with Gasteiger partial charge in [-0.2, -0.15) is 0 Å². The molecule has 2 aromatic heterocycles. The van der Waals surface area contributed by atoms with Crippen LogP contribution in [0, 0.1) is 6.92 Å². The fourth-order valence-electron chi connectivity index (χ4n) is 1.33. The van der Waals surface area contributed by atoms with Crippen LogP contribution in [-0.2, 0) is 6.54 Å². The number of H-pyrrole nitrogens is 1. The molecule has 0 saturated carbocycles. The van der Waals surface area contributed by atoms with Crippen LogP contribution >= 0.6 is 0 Å². The van der Waals surface area contributed by atoms with Crippen LogP contribution in [0.15, 0.2) is 23.4 Å². The van der Waals surface area contributed by atoms with E-state index in [1.165, 1.54) is 6.33 Å². The fourth-order valence-corrected chi connectivity index (χ4v) is 1.33. The standard InChI is InChI=1S/C10H12N6O/c1-6-12-3-2-7(16-6)4-13-9-8(11)10(17)15-5-14-9/h2-3,5H,4,11H2,1H3,(H2,13,14,15,17). The Hall–Kier alpha value is -2.44. The lowest BCUT2D eigenvalue weighted by molar-refractivity contribution is 0.947. The van der Waals surface area contributed by atoms with E-state index in [4.69, 9.17) is 5.73 Å². The topological polar surface area (TPSA) is 110 Å². The van der Waals surface area contributed by atoms with Gasteiger partial charge in [0.05, 0.1) is 18.6 Å². The van der Waals surface area contributed by atoms with Gasteiger partial charge in [0.25, 0.3) is 5.56 Å². The van der Waals surface area contributed by atoms with Crippen LogP contribution in [0.25, 0.3) is 0 Å². The first kappa shape index (κ1) is 11.1. The summed E-state index contributed by atoms with van der Waals surface area (Å²) in [5, 5.41) is 2.95. The van der Waals surface area contributed by atoms with Gasteiger partial charge in [0.1, 0.15) is 11.5 Å². The number of aryl methyl sites for hydroxylation is 1. The Labute approximate surface area is 97.1 Å².